The smallest absolute Gasteiger partial charge is 0.303 e. The summed E-state index contributed by atoms with van der Waals surface area (Å²) in [7, 11) is 0. The molecule has 1 rings (SSSR count). The Morgan fingerprint density at radius 2 is 1.95 bits per heavy atom. The molecular formula is C15H19F2NO3. The van der Waals surface area contributed by atoms with Gasteiger partial charge in [-0.2, -0.15) is 0 Å². The summed E-state index contributed by atoms with van der Waals surface area (Å²) in [4.78, 5) is 22.6. The maximum atomic E-state index is 13.4. The third-order valence-electron chi connectivity index (χ3n) is 2.99. The van der Waals surface area contributed by atoms with Crippen molar-refractivity contribution in [3.63, 3.8) is 0 Å². The number of hydrogen-bond donors (Lipinski definition) is 2. The van der Waals surface area contributed by atoms with Crippen LogP contribution in [0, 0.1) is 23.5 Å². The first kappa shape index (κ1) is 17.1. The van der Waals surface area contributed by atoms with E-state index in [1.165, 1.54) is 0 Å². The topological polar surface area (TPSA) is 66.4 Å². The fourth-order valence-electron chi connectivity index (χ4n) is 2.16. The third-order valence-corrected chi connectivity index (χ3v) is 2.99. The molecule has 1 aromatic rings. The number of carbonyl (C=O) groups is 2. The molecule has 2 N–H and O–H groups in total. The van der Waals surface area contributed by atoms with Crippen LogP contribution in [0.3, 0.4) is 0 Å². The van der Waals surface area contributed by atoms with E-state index in [1.54, 1.807) is 0 Å². The van der Waals surface area contributed by atoms with E-state index in [-0.39, 0.29) is 30.4 Å². The van der Waals surface area contributed by atoms with E-state index in [0.717, 1.165) is 18.2 Å². The van der Waals surface area contributed by atoms with E-state index in [4.69, 9.17) is 5.11 Å². The van der Waals surface area contributed by atoms with Gasteiger partial charge >= 0.3 is 5.97 Å². The van der Waals surface area contributed by atoms with Gasteiger partial charge in [-0.05, 0) is 36.5 Å². The van der Waals surface area contributed by atoms with Gasteiger partial charge in [0.1, 0.15) is 11.6 Å². The van der Waals surface area contributed by atoms with Crippen LogP contribution in [0.15, 0.2) is 18.2 Å². The second-order valence-corrected chi connectivity index (χ2v) is 5.43. The number of rotatable bonds is 7. The highest BCUT2D eigenvalue weighted by Crippen LogP contribution is 2.15. The summed E-state index contributed by atoms with van der Waals surface area (Å²) in [6.45, 7) is 4.01. The first-order valence-electron chi connectivity index (χ1n) is 6.74. The molecule has 0 fully saturated rings. The summed E-state index contributed by atoms with van der Waals surface area (Å²) in [5, 5.41) is 11.3. The first-order chi connectivity index (χ1) is 9.79. The zero-order valence-corrected chi connectivity index (χ0v) is 12.0. The minimum absolute atomic E-state index is 0.0793. The number of halogens is 2. The SMILES string of the molecule is CC(C)C[C@H](CNC(=O)c1cc(F)ccc1F)CC(=O)O. The van der Waals surface area contributed by atoms with Gasteiger partial charge in [0.2, 0.25) is 0 Å². The van der Waals surface area contributed by atoms with E-state index in [0.29, 0.717) is 6.42 Å². The highest BCUT2D eigenvalue weighted by Gasteiger charge is 2.18. The van der Waals surface area contributed by atoms with Crippen LogP contribution in [0.1, 0.15) is 37.0 Å². The Kier molecular flexibility index (Phi) is 6.27. The highest BCUT2D eigenvalue weighted by atomic mass is 19.1. The zero-order chi connectivity index (χ0) is 16.0. The van der Waals surface area contributed by atoms with Crippen LogP contribution in [0.5, 0.6) is 0 Å². The molecule has 6 heteroatoms. The van der Waals surface area contributed by atoms with Crippen LogP contribution in [-0.4, -0.2) is 23.5 Å². The zero-order valence-electron chi connectivity index (χ0n) is 12.0. The van der Waals surface area contributed by atoms with E-state index < -0.39 is 23.5 Å². The van der Waals surface area contributed by atoms with E-state index in [1.807, 2.05) is 13.8 Å². The number of carbonyl (C=O) groups excluding carboxylic acids is 1. The van der Waals surface area contributed by atoms with Crippen molar-refractivity contribution in [3.8, 4) is 0 Å². The number of hydrogen-bond acceptors (Lipinski definition) is 2. The fourth-order valence-corrected chi connectivity index (χ4v) is 2.16. The Bertz CT molecular complexity index is 518. The third kappa shape index (κ3) is 5.89. The Labute approximate surface area is 122 Å². The Morgan fingerprint density at radius 3 is 2.52 bits per heavy atom. The van der Waals surface area contributed by atoms with Crippen LogP contribution in [-0.2, 0) is 4.79 Å². The summed E-state index contributed by atoms with van der Waals surface area (Å²) < 4.78 is 26.5. The van der Waals surface area contributed by atoms with Crippen LogP contribution < -0.4 is 5.32 Å². The van der Waals surface area contributed by atoms with Gasteiger partial charge in [0, 0.05) is 13.0 Å². The number of aliphatic carboxylic acids is 1. The molecule has 0 radical (unpaired) electrons. The highest BCUT2D eigenvalue weighted by molar-refractivity contribution is 5.94. The van der Waals surface area contributed by atoms with Gasteiger partial charge in [-0.15, -0.1) is 0 Å². The number of carboxylic acids is 1. The van der Waals surface area contributed by atoms with Crippen LogP contribution in [0.4, 0.5) is 8.78 Å². The molecule has 0 saturated carbocycles. The molecule has 0 aliphatic rings. The van der Waals surface area contributed by atoms with Crippen molar-refractivity contribution in [1.29, 1.82) is 0 Å². The average molecular weight is 299 g/mol. The Hall–Kier alpha value is -1.98. The number of benzene rings is 1. The molecular weight excluding hydrogens is 280 g/mol. The van der Waals surface area contributed by atoms with Crippen LogP contribution >= 0.6 is 0 Å². The summed E-state index contributed by atoms with van der Waals surface area (Å²) in [5.74, 6) is -3.18. The number of amides is 1. The molecule has 1 aromatic carbocycles. The van der Waals surface area contributed by atoms with Crippen molar-refractivity contribution in [2.24, 2.45) is 11.8 Å². The lowest BCUT2D eigenvalue weighted by molar-refractivity contribution is -0.138. The van der Waals surface area contributed by atoms with Crippen molar-refractivity contribution in [1.82, 2.24) is 5.32 Å². The molecule has 0 aliphatic carbocycles. The lowest BCUT2D eigenvalue weighted by Gasteiger charge is -2.17. The summed E-state index contributed by atoms with van der Waals surface area (Å²) in [6.07, 6.45) is 0.544. The monoisotopic (exact) mass is 299 g/mol. The first-order valence-corrected chi connectivity index (χ1v) is 6.74. The van der Waals surface area contributed by atoms with Crippen LogP contribution in [0.2, 0.25) is 0 Å². The molecule has 1 atom stereocenters. The molecule has 0 bridgehead atoms. The van der Waals surface area contributed by atoms with Gasteiger partial charge in [-0.3, -0.25) is 9.59 Å². The standard InChI is InChI=1S/C15H19F2NO3/c1-9(2)5-10(6-14(19)20)8-18-15(21)12-7-11(16)3-4-13(12)17/h3-4,7,9-10H,5-6,8H2,1-2H3,(H,18,21)(H,19,20)/t10-/m0/s1. The fraction of sp³-hybridized carbons (Fsp3) is 0.467. The van der Waals surface area contributed by atoms with Crippen molar-refractivity contribution in [2.45, 2.75) is 26.7 Å². The van der Waals surface area contributed by atoms with Gasteiger partial charge in [-0.25, -0.2) is 8.78 Å². The largest absolute Gasteiger partial charge is 0.481 e. The van der Waals surface area contributed by atoms with E-state index in [2.05, 4.69) is 5.32 Å². The molecule has 21 heavy (non-hydrogen) atoms. The maximum Gasteiger partial charge on any atom is 0.303 e. The molecule has 0 heterocycles. The number of nitrogens with one attached hydrogen (secondary N) is 1. The molecule has 116 valence electrons. The van der Waals surface area contributed by atoms with Gasteiger partial charge in [0.25, 0.3) is 5.91 Å². The van der Waals surface area contributed by atoms with E-state index >= 15 is 0 Å². The maximum absolute atomic E-state index is 13.4. The molecule has 0 spiro atoms. The summed E-state index contributed by atoms with van der Waals surface area (Å²) >= 11 is 0. The average Bonchev–Trinajstić information content (AvgIpc) is 2.37. The van der Waals surface area contributed by atoms with Crippen molar-refractivity contribution >= 4 is 11.9 Å². The minimum atomic E-state index is -0.952. The number of carboxylic acid groups (broad SMARTS) is 1. The molecule has 0 unspecified atom stereocenters. The van der Waals surface area contributed by atoms with Crippen molar-refractivity contribution in [3.05, 3.63) is 35.4 Å². The van der Waals surface area contributed by atoms with Gasteiger partial charge < -0.3 is 10.4 Å². The lowest BCUT2D eigenvalue weighted by atomic mass is 9.94. The second-order valence-electron chi connectivity index (χ2n) is 5.43. The van der Waals surface area contributed by atoms with Crippen molar-refractivity contribution < 1.29 is 23.5 Å². The Morgan fingerprint density at radius 1 is 1.29 bits per heavy atom. The summed E-state index contributed by atoms with van der Waals surface area (Å²) in [6, 6.07) is 2.63. The van der Waals surface area contributed by atoms with Gasteiger partial charge in [0.05, 0.1) is 5.56 Å². The normalized spacial score (nSPS) is 12.2. The summed E-state index contributed by atoms with van der Waals surface area (Å²) in [5.41, 5.74) is -0.381. The molecule has 0 aliphatic heterocycles. The van der Waals surface area contributed by atoms with Crippen LogP contribution in [0.25, 0.3) is 0 Å². The minimum Gasteiger partial charge on any atom is -0.481 e. The van der Waals surface area contributed by atoms with Crippen molar-refractivity contribution in [2.75, 3.05) is 6.54 Å². The van der Waals surface area contributed by atoms with Gasteiger partial charge in [-0.1, -0.05) is 13.8 Å². The predicted molar refractivity (Wildman–Crippen MR) is 73.9 cm³/mol. The molecule has 4 nitrogen and oxygen atoms in total. The molecule has 1 amide bonds. The predicted octanol–water partition coefficient (Wildman–Crippen LogP) is 2.83. The lowest BCUT2D eigenvalue weighted by Crippen LogP contribution is -2.31. The van der Waals surface area contributed by atoms with E-state index in [9.17, 15) is 18.4 Å². The molecule has 0 saturated heterocycles. The van der Waals surface area contributed by atoms with Gasteiger partial charge in [0.15, 0.2) is 0 Å². The second kappa shape index (κ2) is 7.71. The Balaban J connectivity index is 2.68. The molecule has 0 aromatic heterocycles. The quantitative estimate of drug-likeness (QED) is 0.813.